The first-order chi connectivity index (χ1) is 11.5. The van der Waals surface area contributed by atoms with Gasteiger partial charge in [0.15, 0.2) is 0 Å². The lowest BCUT2D eigenvalue weighted by Crippen LogP contribution is -2.12. The topological polar surface area (TPSA) is 65.0 Å². The maximum Gasteiger partial charge on any atom is 0.358 e. The molecule has 0 fully saturated rings. The Balaban J connectivity index is 1.86. The van der Waals surface area contributed by atoms with Crippen molar-refractivity contribution in [3.8, 4) is 5.75 Å². The van der Waals surface area contributed by atoms with Crippen molar-refractivity contribution in [3.05, 3.63) is 53.6 Å². The van der Waals surface area contributed by atoms with E-state index in [9.17, 15) is 8.42 Å². The molecule has 2 aromatic rings. The Hall–Kier alpha value is -1.99. The van der Waals surface area contributed by atoms with E-state index in [2.05, 4.69) is 5.16 Å². The van der Waals surface area contributed by atoms with Crippen molar-refractivity contribution < 1.29 is 17.4 Å². The summed E-state index contributed by atoms with van der Waals surface area (Å²) in [6.07, 6.45) is 0.666. The monoisotopic (exact) mass is 363 g/mol. The predicted molar refractivity (Wildman–Crippen MR) is 94.3 cm³/mol. The molecule has 0 amide bonds. The van der Waals surface area contributed by atoms with Crippen LogP contribution < -0.4 is 4.74 Å². The minimum absolute atomic E-state index is 0.0438. The highest BCUT2D eigenvalue weighted by Crippen LogP contribution is 2.31. The molecule has 0 saturated heterocycles. The van der Waals surface area contributed by atoms with Crippen LogP contribution in [0.5, 0.6) is 5.75 Å². The van der Waals surface area contributed by atoms with E-state index in [1.807, 2.05) is 25.1 Å². The zero-order valence-electron chi connectivity index (χ0n) is 13.4. The molecule has 126 valence electrons. The van der Waals surface area contributed by atoms with Gasteiger partial charge in [-0.1, -0.05) is 16.8 Å². The van der Waals surface area contributed by atoms with Crippen molar-refractivity contribution >= 4 is 27.6 Å². The van der Waals surface area contributed by atoms with Crippen LogP contribution in [0, 0.1) is 6.92 Å². The van der Waals surface area contributed by atoms with Crippen LogP contribution in [0.15, 0.2) is 57.4 Å². The highest BCUT2D eigenvalue weighted by atomic mass is 32.2. The summed E-state index contributed by atoms with van der Waals surface area (Å²) in [6, 6.07) is 12.1. The zero-order valence-corrected chi connectivity index (χ0v) is 15.0. The molecule has 0 saturated carbocycles. The van der Waals surface area contributed by atoms with Crippen LogP contribution in [0.25, 0.3) is 0 Å². The molecule has 7 heteroatoms. The van der Waals surface area contributed by atoms with E-state index >= 15 is 0 Å². The van der Waals surface area contributed by atoms with Crippen molar-refractivity contribution in [1.82, 2.24) is 0 Å². The fourth-order valence-electron chi connectivity index (χ4n) is 2.36. The van der Waals surface area contributed by atoms with Gasteiger partial charge in [0.05, 0.1) is 12.8 Å². The third kappa shape index (κ3) is 3.57. The highest BCUT2D eigenvalue weighted by Gasteiger charge is 2.20. The molecule has 1 aliphatic rings. The quantitative estimate of drug-likeness (QED) is 0.777. The average Bonchev–Trinajstić information content (AvgIpc) is 2.60. The fourth-order valence-corrected chi connectivity index (χ4v) is 4.12. The van der Waals surface area contributed by atoms with Gasteiger partial charge in [0.2, 0.25) is 0 Å². The van der Waals surface area contributed by atoms with E-state index in [4.69, 9.17) is 9.02 Å². The third-order valence-corrected chi connectivity index (χ3v) is 5.83. The van der Waals surface area contributed by atoms with Gasteiger partial charge in [-0.3, -0.25) is 4.28 Å². The highest BCUT2D eigenvalue weighted by molar-refractivity contribution is 7.99. The summed E-state index contributed by atoms with van der Waals surface area (Å²) in [5.74, 6) is 1.43. The number of ether oxygens (including phenoxy) is 1. The van der Waals surface area contributed by atoms with Crippen molar-refractivity contribution in [2.75, 3.05) is 12.9 Å². The zero-order chi connectivity index (χ0) is 17.2. The SMILES string of the molecule is COc1ccc(S(=O)(=O)O/N=C2/CCSc3ccc(C)cc32)cc1. The number of thioether (sulfide) groups is 1. The molecule has 0 spiro atoms. The molecule has 1 heterocycles. The number of fused-ring (bicyclic) bond motifs is 1. The average molecular weight is 363 g/mol. The third-order valence-electron chi connectivity index (χ3n) is 3.64. The first kappa shape index (κ1) is 16.9. The normalized spacial score (nSPS) is 15.8. The van der Waals surface area contributed by atoms with Gasteiger partial charge >= 0.3 is 10.1 Å². The van der Waals surface area contributed by atoms with Crippen molar-refractivity contribution in [3.63, 3.8) is 0 Å². The van der Waals surface area contributed by atoms with Gasteiger partial charge in [0.1, 0.15) is 10.6 Å². The summed E-state index contributed by atoms with van der Waals surface area (Å²) < 4.78 is 34.5. The van der Waals surface area contributed by atoms with Gasteiger partial charge in [-0.25, -0.2) is 0 Å². The molecule has 0 N–H and O–H groups in total. The largest absolute Gasteiger partial charge is 0.497 e. The molecule has 0 unspecified atom stereocenters. The van der Waals surface area contributed by atoms with Crippen LogP contribution in [-0.2, 0) is 14.4 Å². The van der Waals surface area contributed by atoms with Crippen molar-refractivity contribution in [2.24, 2.45) is 5.16 Å². The first-order valence-corrected chi connectivity index (χ1v) is 9.77. The predicted octanol–water partition coefficient (Wildman–Crippen LogP) is 3.61. The summed E-state index contributed by atoms with van der Waals surface area (Å²) in [5.41, 5.74) is 2.70. The molecule has 0 radical (unpaired) electrons. The number of methoxy groups -OCH3 is 1. The number of rotatable bonds is 4. The Labute approximate surface area is 145 Å². The van der Waals surface area contributed by atoms with Crippen LogP contribution in [-0.4, -0.2) is 27.0 Å². The maximum atomic E-state index is 12.3. The summed E-state index contributed by atoms with van der Waals surface area (Å²) >= 11 is 1.74. The van der Waals surface area contributed by atoms with Crippen molar-refractivity contribution in [2.45, 2.75) is 23.1 Å². The molecule has 0 atom stereocenters. The second-order valence-corrected chi connectivity index (χ2v) is 8.01. The lowest BCUT2D eigenvalue weighted by atomic mass is 10.1. The van der Waals surface area contributed by atoms with Crippen LogP contribution in [0.4, 0.5) is 0 Å². The molecular formula is C17H17NO4S2. The summed E-state index contributed by atoms with van der Waals surface area (Å²) in [5, 5.41) is 3.94. The summed E-state index contributed by atoms with van der Waals surface area (Å²) in [7, 11) is -2.43. The van der Waals surface area contributed by atoms with Crippen molar-refractivity contribution in [1.29, 1.82) is 0 Å². The smallest absolute Gasteiger partial charge is 0.358 e. The van der Waals surface area contributed by atoms with Crippen LogP contribution in [0.3, 0.4) is 0 Å². The Morgan fingerprint density at radius 2 is 1.88 bits per heavy atom. The fraction of sp³-hybridized carbons (Fsp3) is 0.235. The van der Waals surface area contributed by atoms with E-state index in [0.29, 0.717) is 17.9 Å². The molecule has 0 bridgehead atoms. The molecule has 2 aromatic carbocycles. The number of hydrogen-bond donors (Lipinski definition) is 0. The molecule has 1 aliphatic heterocycles. The molecule has 24 heavy (non-hydrogen) atoms. The summed E-state index contributed by atoms with van der Waals surface area (Å²) in [6.45, 7) is 1.99. The second kappa shape index (κ2) is 6.86. The number of oxime groups is 1. The molecule has 5 nitrogen and oxygen atoms in total. The molecular weight excluding hydrogens is 346 g/mol. The number of nitrogens with zero attached hydrogens (tertiary/aromatic N) is 1. The van der Waals surface area contributed by atoms with Gasteiger partial charge in [-0.05, 0) is 43.3 Å². The van der Waals surface area contributed by atoms with E-state index in [0.717, 1.165) is 21.8 Å². The summed E-state index contributed by atoms with van der Waals surface area (Å²) in [4.78, 5) is 1.14. The molecule has 0 aliphatic carbocycles. The molecule has 0 aromatic heterocycles. The Bertz CT molecular complexity index is 874. The van der Waals surface area contributed by atoms with Gasteiger partial charge in [0.25, 0.3) is 0 Å². The van der Waals surface area contributed by atoms with Crippen LogP contribution >= 0.6 is 11.8 Å². The minimum Gasteiger partial charge on any atom is -0.497 e. The second-order valence-electron chi connectivity index (χ2n) is 5.34. The number of aryl methyl sites for hydroxylation is 1. The van der Waals surface area contributed by atoms with E-state index in [1.54, 1.807) is 23.9 Å². The van der Waals surface area contributed by atoms with Gasteiger partial charge in [-0.2, -0.15) is 8.42 Å². The Kier molecular flexibility index (Phi) is 4.82. The number of benzene rings is 2. The van der Waals surface area contributed by atoms with Crippen LogP contribution in [0.2, 0.25) is 0 Å². The Morgan fingerprint density at radius 1 is 1.12 bits per heavy atom. The molecule has 3 rings (SSSR count). The van der Waals surface area contributed by atoms with Gasteiger partial charge < -0.3 is 4.74 Å². The lowest BCUT2D eigenvalue weighted by Gasteiger charge is -2.17. The first-order valence-electron chi connectivity index (χ1n) is 7.38. The van der Waals surface area contributed by atoms with E-state index in [-0.39, 0.29) is 4.90 Å². The maximum absolute atomic E-state index is 12.3. The Morgan fingerprint density at radius 3 is 2.58 bits per heavy atom. The minimum atomic E-state index is -3.95. The van der Waals surface area contributed by atoms with Crippen LogP contribution in [0.1, 0.15) is 17.5 Å². The van der Waals surface area contributed by atoms with Gasteiger partial charge in [-0.15, -0.1) is 11.8 Å². The lowest BCUT2D eigenvalue weighted by molar-refractivity contribution is 0.338. The standard InChI is InChI=1S/C17H17NO4S2/c1-12-3-8-17-15(11-12)16(9-10-23-17)18-22-24(19,20)14-6-4-13(21-2)5-7-14/h3-8,11H,9-10H2,1-2H3/b18-16-. The van der Waals surface area contributed by atoms with Gasteiger partial charge in [0, 0.05) is 22.6 Å². The number of hydrogen-bond acceptors (Lipinski definition) is 6. The van der Waals surface area contributed by atoms with E-state index in [1.165, 1.54) is 19.2 Å². The van der Waals surface area contributed by atoms with E-state index < -0.39 is 10.1 Å².